The van der Waals surface area contributed by atoms with Crippen molar-refractivity contribution in [2.45, 2.75) is 0 Å². The number of hydrogen-bond acceptors (Lipinski definition) is 6. The molecule has 2 aromatic rings. The number of carbonyl (C=O) groups is 1. The highest BCUT2D eigenvalue weighted by atomic mass is 35.5. The Morgan fingerprint density at radius 1 is 1.08 bits per heavy atom. The number of nitrogens with zero attached hydrogens (tertiary/aromatic N) is 1. The van der Waals surface area contributed by atoms with Crippen molar-refractivity contribution in [3.63, 3.8) is 0 Å². The van der Waals surface area contributed by atoms with Crippen LogP contribution in [0.15, 0.2) is 41.5 Å². The third-order valence-corrected chi connectivity index (χ3v) is 3.64. The number of methoxy groups -OCH3 is 3. The molecular weight excluding hydrogens is 360 g/mol. The third-order valence-electron chi connectivity index (χ3n) is 3.33. The van der Waals surface area contributed by atoms with Gasteiger partial charge >= 0.3 is 0 Å². The minimum absolute atomic E-state index is 0.224. The van der Waals surface area contributed by atoms with Gasteiger partial charge in [-0.15, -0.1) is 0 Å². The Labute approximate surface area is 156 Å². The van der Waals surface area contributed by atoms with Crippen molar-refractivity contribution in [3.8, 4) is 23.0 Å². The first-order valence-corrected chi connectivity index (χ1v) is 7.96. The number of amides is 1. The van der Waals surface area contributed by atoms with Gasteiger partial charge in [0.2, 0.25) is 0 Å². The maximum atomic E-state index is 11.9. The van der Waals surface area contributed by atoms with Gasteiger partial charge in [-0.05, 0) is 12.1 Å². The zero-order valence-electron chi connectivity index (χ0n) is 14.6. The molecule has 2 aromatic carbocycles. The second kappa shape index (κ2) is 9.53. The van der Waals surface area contributed by atoms with Crippen molar-refractivity contribution in [1.82, 2.24) is 5.43 Å². The minimum Gasteiger partial charge on any atom is -0.496 e. The van der Waals surface area contributed by atoms with Crippen LogP contribution in [-0.4, -0.2) is 40.1 Å². The Balaban J connectivity index is 2.01. The Bertz CT molecular complexity index is 770. The van der Waals surface area contributed by atoms with Gasteiger partial charge in [0.25, 0.3) is 5.91 Å². The average Bonchev–Trinajstić information content (AvgIpc) is 2.67. The highest BCUT2D eigenvalue weighted by molar-refractivity contribution is 6.32. The fraction of sp³-hybridized carbons (Fsp3) is 0.222. The van der Waals surface area contributed by atoms with Gasteiger partial charge in [0.15, 0.2) is 6.61 Å². The molecule has 8 heteroatoms. The molecule has 0 bridgehead atoms. The quantitative estimate of drug-likeness (QED) is 0.564. The lowest BCUT2D eigenvalue weighted by Crippen LogP contribution is -2.24. The van der Waals surface area contributed by atoms with Gasteiger partial charge < -0.3 is 18.9 Å². The lowest BCUT2D eigenvalue weighted by molar-refractivity contribution is -0.123. The summed E-state index contributed by atoms with van der Waals surface area (Å²) in [5, 5.41) is 4.34. The number of halogens is 1. The SMILES string of the molecule is COc1cc(OC)c(/C=N/NC(=O)COc2ccccc2Cl)c(OC)c1. The summed E-state index contributed by atoms with van der Waals surface area (Å²) in [6, 6.07) is 10.3. The number of hydrogen-bond donors (Lipinski definition) is 1. The molecule has 0 unspecified atom stereocenters. The zero-order valence-corrected chi connectivity index (χ0v) is 15.4. The number of benzene rings is 2. The Morgan fingerprint density at radius 3 is 2.31 bits per heavy atom. The van der Waals surface area contributed by atoms with Crippen LogP contribution in [0.3, 0.4) is 0 Å². The summed E-state index contributed by atoms with van der Waals surface area (Å²) in [6.45, 7) is -0.224. The van der Waals surface area contributed by atoms with Gasteiger partial charge in [0, 0.05) is 12.1 Å². The van der Waals surface area contributed by atoms with Crippen LogP contribution < -0.4 is 24.4 Å². The summed E-state index contributed by atoms with van der Waals surface area (Å²) >= 11 is 5.96. The van der Waals surface area contributed by atoms with Crippen molar-refractivity contribution < 1.29 is 23.7 Å². The Kier molecular flexibility index (Phi) is 7.11. The molecule has 0 saturated heterocycles. The van der Waals surface area contributed by atoms with Crippen LogP contribution >= 0.6 is 11.6 Å². The zero-order chi connectivity index (χ0) is 18.9. The second-order valence-electron chi connectivity index (χ2n) is 4.96. The third kappa shape index (κ3) is 5.03. The average molecular weight is 379 g/mol. The molecule has 0 aliphatic heterocycles. The van der Waals surface area contributed by atoms with E-state index >= 15 is 0 Å². The molecule has 7 nitrogen and oxygen atoms in total. The topological polar surface area (TPSA) is 78.4 Å². The van der Waals surface area contributed by atoms with Crippen molar-refractivity contribution >= 4 is 23.7 Å². The Morgan fingerprint density at radius 2 is 1.73 bits per heavy atom. The van der Waals surface area contributed by atoms with Crippen molar-refractivity contribution in [3.05, 3.63) is 47.0 Å². The summed E-state index contributed by atoms with van der Waals surface area (Å²) in [5.41, 5.74) is 2.93. The smallest absolute Gasteiger partial charge is 0.277 e. The van der Waals surface area contributed by atoms with E-state index in [9.17, 15) is 4.79 Å². The number of hydrazone groups is 1. The first kappa shape index (κ1) is 19.4. The molecule has 0 atom stereocenters. The van der Waals surface area contributed by atoms with E-state index in [-0.39, 0.29) is 6.61 Å². The molecule has 26 heavy (non-hydrogen) atoms. The molecule has 1 N–H and O–H groups in total. The molecule has 1 amide bonds. The van der Waals surface area contributed by atoms with Crippen LogP contribution in [0.2, 0.25) is 5.02 Å². The lowest BCUT2D eigenvalue weighted by atomic mass is 10.2. The largest absolute Gasteiger partial charge is 0.496 e. The van der Waals surface area contributed by atoms with Crippen molar-refractivity contribution in [2.24, 2.45) is 5.10 Å². The summed E-state index contributed by atoms with van der Waals surface area (Å²) in [5.74, 6) is 1.55. The van der Waals surface area contributed by atoms with Crippen LogP contribution in [0.5, 0.6) is 23.0 Å². The first-order valence-electron chi connectivity index (χ1n) is 7.58. The molecule has 0 fully saturated rings. The van der Waals surface area contributed by atoms with E-state index in [2.05, 4.69) is 10.5 Å². The lowest BCUT2D eigenvalue weighted by Gasteiger charge is -2.12. The predicted molar refractivity (Wildman–Crippen MR) is 98.8 cm³/mol. The summed E-state index contributed by atoms with van der Waals surface area (Å²) in [7, 11) is 4.57. The number of para-hydroxylation sites is 1. The van der Waals surface area contributed by atoms with Gasteiger partial charge in [0.05, 0.1) is 38.1 Å². The summed E-state index contributed by atoms with van der Waals surface area (Å²) in [6.07, 6.45) is 1.42. The van der Waals surface area contributed by atoms with Gasteiger partial charge in [0.1, 0.15) is 23.0 Å². The van der Waals surface area contributed by atoms with Crippen LogP contribution in [0.25, 0.3) is 0 Å². The van der Waals surface area contributed by atoms with Gasteiger partial charge in [-0.25, -0.2) is 5.43 Å². The number of rotatable bonds is 8. The molecule has 0 heterocycles. The van der Waals surface area contributed by atoms with Crippen LogP contribution in [0.4, 0.5) is 0 Å². The monoisotopic (exact) mass is 378 g/mol. The maximum absolute atomic E-state index is 11.9. The minimum atomic E-state index is -0.437. The second-order valence-corrected chi connectivity index (χ2v) is 5.37. The van der Waals surface area contributed by atoms with Crippen molar-refractivity contribution in [2.75, 3.05) is 27.9 Å². The number of ether oxygens (including phenoxy) is 4. The summed E-state index contributed by atoms with van der Waals surface area (Å²) < 4.78 is 21.1. The normalized spacial score (nSPS) is 10.5. The molecule has 0 spiro atoms. The van der Waals surface area contributed by atoms with E-state index in [1.165, 1.54) is 20.4 Å². The fourth-order valence-corrected chi connectivity index (χ4v) is 2.26. The molecule has 0 aromatic heterocycles. The van der Waals surface area contributed by atoms with E-state index < -0.39 is 5.91 Å². The van der Waals surface area contributed by atoms with Gasteiger partial charge in [-0.1, -0.05) is 23.7 Å². The van der Waals surface area contributed by atoms with E-state index in [1.807, 2.05) is 0 Å². The van der Waals surface area contributed by atoms with E-state index in [0.29, 0.717) is 33.6 Å². The first-order chi connectivity index (χ1) is 12.6. The van der Waals surface area contributed by atoms with Gasteiger partial charge in [-0.3, -0.25) is 4.79 Å². The molecule has 138 valence electrons. The molecule has 0 aliphatic carbocycles. The summed E-state index contributed by atoms with van der Waals surface area (Å²) in [4.78, 5) is 11.9. The van der Waals surface area contributed by atoms with Crippen LogP contribution in [-0.2, 0) is 4.79 Å². The molecule has 0 aliphatic rings. The Hall–Kier alpha value is -2.93. The van der Waals surface area contributed by atoms with Crippen LogP contribution in [0, 0.1) is 0 Å². The highest BCUT2D eigenvalue weighted by Gasteiger charge is 2.12. The predicted octanol–water partition coefficient (Wildman–Crippen LogP) is 2.89. The van der Waals surface area contributed by atoms with Crippen LogP contribution in [0.1, 0.15) is 5.56 Å². The standard InChI is InChI=1S/C18H19ClN2O5/c1-23-12-8-16(24-2)13(17(9-12)25-3)10-20-21-18(22)11-26-15-7-5-4-6-14(15)19/h4-10H,11H2,1-3H3,(H,21,22)/b20-10+. The molecular formula is C18H19ClN2O5. The number of nitrogens with one attached hydrogen (secondary N) is 1. The highest BCUT2D eigenvalue weighted by Crippen LogP contribution is 2.32. The maximum Gasteiger partial charge on any atom is 0.277 e. The fourth-order valence-electron chi connectivity index (χ4n) is 2.07. The van der Waals surface area contributed by atoms with Crippen molar-refractivity contribution in [1.29, 1.82) is 0 Å². The molecule has 2 rings (SSSR count). The van der Waals surface area contributed by atoms with E-state index in [1.54, 1.807) is 43.5 Å². The van der Waals surface area contributed by atoms with Gasteiger partial charge in [-0.2, -0.15) is 5.10 Å². The van der Waals surface area contributed by atoms with E-state index in [0.717, 1.165) is 0 Å². The molecule has 0 radical (unpaired) electrons. The molecule has 0 saturated carbocycles. The van der Waals surface area contributed by atoms with E-state index in [4.69, 9.17) is 30.5 Å². The number of carbonyl (C=O) groups excluding carboxylic acids is 1.